The van der Waals surface area contributed by atoms with E-state index in [4.69, 9.17) is 0 Å². The number of nitrogens with zero attached hydrogens (tertiary/aromatic N) is 2. The third kappa shape index (κ3) is 4.96. The molecule has 2 nitrogen and oxygen atoms in total. The van der Waals surface area contributed by atoms with Gasteiger partial charge in [0.05, 0.1) is 5.69 Å². The summed E-state index contributed by atoms with van der Waals surface area (Å²) in [7, 11) is 0. The first-order valence-corrected chi connectivity index (χ1v) is 17.3. The predicted octanol–water partition coefficient (Wildman–Crippen LogP) is 13.8. The Balaban J connectivity index is 1.24. The van der Waals surface area contributed by atoms with E-state index in [1.165, 1.54) is 60.3 Å². The minimum atomic E-state index is 1.13. The Morgan fingerprint density at radius 1 is 0.320 bits per heavy atom. The van der Waals surface area contributed by atoms with E-state index in [2.05, 4.69) is 206 Å². The standard InChI is InChI=1S/C48H36N2/c1-33-31-45(35-23-25-40(26-24-35)49(36-15-7-3-8-16-36)37-17-9-4-10-18-37)43-29-27-42-34(2)32-46(44-30-28-41(33)47(43)48(42)44)50(38-19-11-5-12-20-38)39-21-13-6-14-22-39/h3-32H,1-2H3. The summed E-state index contributed by atoms with van der Waals surface area (Å²) >= 11 is 0. The topological polar surface area (TPSA) is 6.48 Å². The van der Waals surface area contributed by atoms with Crippen molar-refractivity contribution < 1.29 is 0 Å². The lowest BCUT2D eigenvalue weighted by Gasteiger charge is -2.28. The number of hydrogen-bond acceptors (Lipinski definition) is 2. The first kappa shape index (κ1) is 29.7. The average molecular weight is 641 g/mol. The Morgan fingerprint density at radius 2 is 0.700 bits per heavy atom. The lowest BCUT2D eigenvalue weighted by Crippen LogP contribution is -2.11. The molecule has 0 fully saturated rings. The molecule has 0 saturated heterocycles. The second kappa shape index (κ2) is 12.3. The molecule has 0 atom stereocenters. The Kier molecular flexibility index (Phi) is 7.29. The summed E-state index contributed by atoms with van der Waals surface area (Å²) in [5.41, 5.74) is 11.9. The van der Waals surface area contributed by atoms with Crippen molar-refractivity contribution in [1.82, 2.24) is 0 Å². The average Bonchev–Trinajstić information content (AvgIpc) is 3.17. The van der Waals surface area contributed by atoms with E-state index in [0.29, 0.717) is 0 Å². The Morgan fingerprint density at radius 3 is 1.20 bits per heavy atom. The van der Waals surface area contributed by atoms with E-state index in [1.54, 1.807) is 0 Å². The Labute approximate surface area is 293 Å². The van der Waals surface area contributed by atoms with Gasteiger partial charge in [0, 0.05) is 33.8 Å². The largest absolute Gasteiger partial charge is 0.311 e. The lowest BCUT2D eigenvalue weighted by molar-refractivity contribution is 1.28. The molecule has 0 spiro atoms. The van der Waals surface area contributed by atoms with E-state index in [-0.39, 0.29) is 0 Å². The van der Waals surface area contributed by atoms with Crippen LogP contribution in [0.5, 0.6) is 0 Å². The molecular formula is C48H36N2. The van der Waals surface area contributed by atoms with Crippen LogP contribution in [-0.4, -0.2) is 0 Å². The summed E-state index contributed by atoms with van der Waals surface area (Å²) in [6, 6.07) is 65.7. The molecule has 0 aliphatic carbocycles. The monoisotopic (exact) mass is 640 g/mol. The second-order valence-corrected chi connectivity index (χ2v) is 13.1. The van der Waals surface area contributed by atoms with Crippen molar-refractivity contribution in [1.29, 1.82) is 0 Å². The SMILES string of the molecule is Cc1cc(-c2ccc(N(c3ccccc3)c3ccccc3)cc2)c2ccc3c(C)cc(N(c4ccccc4)c4ccccc4)c4ccc1c2c34. The molecule has 0 N–H and O–H groups in total. The molecule has 0 bridgehead atoms. The first-order valence-electron chi connectivity index (χ1n) is 17.3. The maximum atomic E-state index is 2.40. The van der Waals surface area contributed by atoms with Gasteiger partial charge in [-0.2, -0.15) is 0 Å². The summed E-state index contributed by atoms with van der Waals surface area (Å²) < 4.78 is 0. The van der Waals surface area contributed by atoms with E-state index in [1.807, 2.05) is 0 Å². The van der Waals surface area contributed by atoms with Gasteiger partial charge in [-0.25, -0.2) is 0 Å². The Hall–Kier alpha value is -6.38. The zero-order chi connectivity index (χ0) is 33.6. The fraction of sp³-hybridized carbons (Fsp3) is 0.0417. The molecule has 0 saturated carbocycles. The maximum Gasteiger partial charge on any atom is 0.0543 e. The minimum Gasteiger partial charge on any atom is -0.311 e. The highest BCUT2D eigenvalue weighted by Crippen LogP contribution is 2.47. The summed E-state index contributed by atoms with van der Waals surface area (Å²) in [4.78, 5) is 4.71. The second-order valence-electron chi connectivity index (χ2n) is 13.1. The molecule has 0 radical (unpaired) electrons. The van der Waals surface area contributed by atoms with Crippen molar-refractivity contribution in [3.63, 3.8) is 0 Å². The van der Waals surface area contributed by atoms with Crippen LogP contribution in [0.4, 0.5) is 34.1 Å². The molecular weight excluding hydrogens is 605 g/mol. The minimum absolute atomic E-state index is 1.13. The number of para-hydroxylation sites is 4. The van der Waals surface area contributed by atoms with Crippen LogP contribution in [0.3, 0.4) is 0 Å². The summed E-state index contributed by atoms with van der Waals surface area (Å²) in [6.07, 6.45) is 0. The summed E-state index contributed by atoms with van der Waals surface area (Å²) in [5.74, 6) is 0. The highest BCUT2D eigenvalue weighted by atomic mass is 15.1. The fourth-order valence-electron chi connectivity index (χ4n) is 7.72. The number of hydrogen-bond donors (Lipinski definition) is 0. The summed E-state index contributed by atoms with van der Waals surface area (Å²) in [5, 5.41) is 7.80. The third-order valence-corrected chi connectivity index (χ3v) is 10.0. The van der Waals surface area contributed by atoms with Crippen LogP contribution in [0.2, 0.25) is 0 Å². The van der Waals surface area contributed by atoms with Crippen LogP contribution in [0, 0.1) is 13.8 Å². The van der Waals surface area contributed by atoms with Gasteiger partial charge in [-0.05, 0) is 130 Å². The number of rotatable bonds is 7. The maximum absolute atomic E-state index is 2.40. The number of anilines is 6. The molecule has 9 rings (SSSR count). The quantitative estimate of drug-likeness (QED) is 0.160. The van der Waals surface area contributed by atoms with Gasteiger partial charge in [-0.1, -0.05) is 115 Å². The van der Waals surface area contributed by atoms with E-state index in [9.17, 15) is 0 Å². The van der Waals surface area contributed by atoms with Crippen LogP contribution in [0.1, 0.15) is 11.1 Å². The van der Waals surface area contributed by atoms with Gasteiger partial charge in [0.25, 0.3) is 0 Å². The fourth-order valence-corrected chi connectivity index (χ4v) is 7.72. The van der Waals surface area contributed by atoms with Crippen LogP contribution in [0.15, 0.2) is 182 Å². The van der Waals surface area contributed by atoms with Crippen LogP contribution >= 0.6 is 0 Å². The zero-order valence-electron chi connectivity index (χ0n) is 28.2. The van der Waals surface area contributed by atoms with Gasteiger partial charge in [-0.3, -0.25) is 0 Å². The van der Waals surface area contributed by atoms with Crippen LogP contribution in [0.25, 0.3) is 43.4 Å². The van der Waals surface area contributed by atoms with Crippen molar-refractivity contribution >= 4 is 66.4 Å². The van der Waals surface area contributed by atoms with Crippen molar-refractivity contribution in [2.45, 2.75) is 13.8 Å². The van der Waals surface area contributed by atoms with Crippen molar-refractivity contribution in [3.05, 3.63) is 193 Å². The predicted molar refractivity (Wildman–Crippen MR) is 214 cm³/mol. The van der Waals surface area contributed by atoms with Gasteiger partial charge in [-0.15, -0.1) is 0 Å². The Bertz CT molecular complexity index is 2500. The number of aryl methyl sites for hydroxylation is 2. The highest BCUT2D eigenvalue weighted by Gasteiger charge is 2.21. The molecule has 0 aliphatic heterocycles. The van der Waals surface area contributed by atoms with Gasteiger partial charge >= 0.3 is 0 Å². The molecule has 2 heteroatoms. The molecule has 0 aliphatic rings. The van der Waals surface area contributed by atoms with Gasteiger partial charge in [0.1, 0.15) is 0 Å². The summed E-state index contributed by atoms with van der Waals surface area (Å²) in [6.45, 7) is 4.51. The molecule has 9 aromatic carbocycles. The highest BCUT2D eigenvalue weighted by molar-refractivity contribution is 6.29. The van der Waals surface area contributed by atoms with E-state index < -0.39 is 0 Å². The lowest BCUT2D eigenvalue weighted by atomic mass is 9.86. The van der Waals surface area contributed by atoms with Gasteiger partial charge < -0.3 is 9.80 Å². The van der Waals surface area contributed by atoms with Gasteiger partial charge in [0.2, 0.25) is 0 Å². The van der Waals surface area contributed by atoms with E-state index >= 15 is 0 Å². The third-order valence-electron chi connectivity index (χ3n) is 10.0. The van der Waals surface area contributed by atoms with E-state index in [0.717, 1.165) is 28.4 Å². The van der Waals surface area contributed by atoms with Crippen LogP contribution in [-0.2, 0) is 0 Å². The van der Waals surface area contributed by atoms with Crippen molar-refractivity contribution in [2.75, 3.05) is 9.80 Å². The molecule has 50 heavy (non-hydrogen) atoms. The molecule has 0 aromatic heterocycles. The molecule has 9 aromatic rings. The smallest absolute Gasteiger partial charge is 0.0543 e. The molecule has 238 valence electrons. The van der Waals surface area contributed by atoms with Crippen molar-refractivity contribution in [2.24, 2.45) is 0 Å². The molecule has 0 heterocycles. The van der Waals surface area contributed by atoms with Crippen molar-refractivity contribution in [3.8, 4) is 11.1 Å². The first-order chi connectivity index (χ1) is 24.7. The number of benzene rings is 9. The normalized spacial score (nSPS) is 11.4. The zero-order valence-corrected chi connectivity index (χ0v) is 28.2. The molecule has 0 amide bonds. The van der Waals surface area contributed by atoms with Gasteiger partial charge in [0.15, 0.2) is 0 Å². The van der Waals surface area contributed by atoms with Crippen LogP contribution < -0.4 is 9.80 Å². The molecule has 0 unspecified atom stereocenters.